The molecule has 29 heavy (non-hydrogen) atoms. The SMILES string of the molecule is CCCCCCCCCCCCCCCCCCC(CC(C)(C)[SiH3])[N+](C)(C)C.[Cl-]. The highest BCUT2D eigenvalue weighted by Gasteiger charge is 2.28. The molecule has 0 fully saturated rings. The summed E-state index contributed by atoms with van der Waals surface area (Å²) >= 11 is 0. The van der Waals surface area contributed by atoms with E-state index in [0.29, 0.717) is 5.04 Å². The predicted octanol–water partition coefficient (Wildman–Crippen LogP) is 4.67. The van der Waals surface area contributed by atoms with Gasteiger partial charge < -0.3 is 16.9 Å². The Balaban J connectivity index is 0. The molecule has 0 aromatic heterocycles. The van der Waals surface area contributed by atoms with Crippen molar-refractivity contribution in [2.24, 2.45) is 0 Å². The summed E-state index contributed by atoms with van der Waals surface area (Å²) in [6, 6.07) is 0.846. The van der Waals surface area contributed by atoms with Crippen molar-refractivity contribution in [1.82, 2.24) is 0 Å². The molecule has 1 atom stereocenters. The highest BCUT2D eigenvalue weighted by Crippen LogP contribution is 2.31. The highest BCUT2D eigenvalue weighted by molar-refractivity contribution is 6.14. The minimum absolute atomic E-state index is 0. The molecule has 0 N–H and O–H groups in total. The van der Waals surface area contributed by atoms with Gasteiger partial charge in [-0.2, -0.15) is 0 Å². The second-order valence-corrected chi connectivity index (χ2v) is 14.3. The van der Waals surface area contributed by atoms with Gasteiger partial charge >= 0.3 is 0 Å². The van der Waals surface area contributed by atoms with Crippen molar-refractivity contribution in [2.75, 3.05) is 21.1 Å². The van der Waals surface area contributed by atoms with Crippen LogP contribution in [0.25, 0.3) is 0 Å². The first kappa shape index (κ1) is 31.7. The van der Waals surface area contributed by atoms with Crippen LogP contribution in [-0.2, 0) is 0 Å². The summed E-state index contributed by atoms with van der Waals surface area (Å²) in [6.45, 7) is 7.21. The van der Waals surface area contributed by atoms with Crippen molar-refractivity contribution in [3.8, 4) is 0 Å². The van der Waals surface area contributed by atoms with Crippen molar-refractivity contribution in [2.45, 2.75) is 147 Å². The Morgan fingerprint density at radius 1 is 0.621 bits per heavy atom. The van der Waals surface area contributed by atoms with Gasteiger partial charge in [-0.05, 0) is 17.9 Å². The second-order valence-electron chi connectivity index (χ2n) is 11.6. The van der Waals surface area contributed by atoms with E-state index < -0.39 is 0 Å². The number of hydrogen-bond acceptors (Lipinski definition) is 0. The summed E-state index contributed by atoms with van der Waals surface area (Å²) in [6.07, 6.45) is 26.2. The van der Waals surface area contributed by atoms with Gasteiger partial charge in [0.05, 0.1) is 27.2 Å². The molecule has 0 aliphatic carbocycles. The first-order valence-electron chi connectivity index (χ1n) is 13.0. The van der Waals surface area contributed by atoms with E-state index in [9.17, 15) is 0 Å². The number of halogens is 1. The number of unbranched alkanes of at least 4 members (excludes halogenated alkanes) is 15. The van der Waals surface area contributed by atoms with Crippen molar-refractivity contribution < 1.29 is 16.9 Å². The zero-order valence-corrected chi connectivity index (χ0v) is 24.4. The van der Waals surface area contributed by atoms with Gasteiger partial charge in [-0.1, -0.05) is 117 Å². The standard InChI is InChI=1S/C26H58NSi.ClH/c1-7-8-9-10-11-12-13-14-15-16-17-18-19-20-21-22-23-25(27(4,5)6)24-26(2,3)28;/h25H,7-24H2,1-6,28H3;1H/q+1;/p-1. The summed E-state index contributed by atoms with van der Waals surface area (Å²) in [5.74, 6) is 0. The molecule has 0 saturated carbocycles. The lowest BCUT2D eigenvalue weighted by Gasteiger charge is -2.38. The van der Waals surface area contributed by atoms with Crippen LogP contribution in [0.2, 0.25) is 5.04 Å². The van der Waals surface area contributed by atoms with Crippen molar-refractivity contribution >= 4 is 10.2 Å². The summed E-state index contributed by atoms with van der Waals surface area (Å²) in [4.78, 5) is 0. The van der Waals surface area contributed by atoms with Crippen molar-refractivity contribution in [3.63, 3.8) is 0 Å². The van der Waals surface area contributed by atoms with Crippen LogP contribution in [-0.4, -0.2) is 41.9 Å². The molecule has 3 heteroatoms. The Morgan fingerprint density at radius 3 is 1.21 bits per heavy atom. The van der Waals surface area contributed by atoms with Gasteiger partial charge in [0.15, 0.2) is 0 Å². The predicted molar refractivity (Wildman–Crippen MR) is 135 cm³/mol. The lowest BCUT2D eigenvalue weighted by molar-refractivity contribution is -0.897. The third-order valence-electron chi connectivity index (χ3n) is 6.33. The van der Waals surface area contributed by atoms with E-state index in [1.165, 1.54) is 126 Å². The van der Waals surface area contributed by atoms with Gasteiger partial charge in [0, 0.05) is 16.7 Å². The molecule has 0 spiro atoms. The quantitative estimate of drug-likeness (QED) is 0.144. The second kappa shape index (κ2) is 19.2. The summed E-state index contributed by atoms with van der Waals surface area (Å²) in [5.41, 5.74) is 0. The largest absolute Gasteiger partial charge is 1.00 e. The summed E-state index contributed by atoms with van der Waals surface area (Å²) in [5, 5.41) is 0.589. The fraction of sp³-hybridized carbons (Fsp3) is 1.00. The van der Waals surface area contributed by atoms with E-state index in [1.54, 1.807) is 0 Å². The van der Waals surface area contributed by atoms with E-state index >= 15 is 0 Å². The maximum atomic E-state index is 2.45. The van der Waals surface area contributed by atoms with Crippen LogP contribution in [0.4, 0.5) is 0 Å². The molecule has 1 unspecified atom stereocenters. The van der Waals surface area contributed by atoms with Crippen molar-refractivity contribution in [3.05, 3.63) is 0 Å². The van der Waals surface area contributed by atoms with Crippen LogP contribution in [0, 0.1) is 0 Å². The number of nitrogens with zero attached hydrogens (tertiary/aromatic N) is 1. The molecular formula is C26H58ClNSi. The Hall–Kier alpha value is 0.467. The van der Waals surface area contributed by atoms with E-state index in [1.807, 2.05) is 0 Å². The molecule has 0 saturated heterocycles. The minimum Gasteiger partial charge on any atom is -1.00 e. The fourth-order valence-corrected chi connectivity index (χ4v) is 4.87. The maximum Gasteiger partial charge on any atom is 0.0886 e. The zero-order chi connectivity index (χ0) is 21.3. The monoisotopic (exact) mass is 447 g/mol. The highest BCUT2D eigenvalue weighted by atomic mass is 35.5. The lowest BCUT2D eigenvalue weighted by atomic mass is 9.95. The molecule has 0 amide bonds. The van der Waals surface area contributed by atoms with E-state index in [0.717, 1.165) is 10.5 Å². The molecule has 0 aromatic carbocycles. The normalized spacial score (nSPS) is 13.4. The molecule has 0 radical (unpaired) electrons. The third-order valence-corrected chi connectivity index (χ3v) is 6.74. The van der Waals surface area contributed by atoms with Crippen LogP contribution < -0.4 is 12.4 Å². The summed E-state index contributed by atoms with van der Waals surface area (Å²) in [7, 11) is 8.49. The Kier molecular flexibility index (Phi) is 20.9. The van der Waals surface area contributed by atoms with Crippen LogP contribution in [0.3, 0.4) is 0 Å². The van der Waals surface area contributed by atoms with E-state index in [4.69, 9.17) is 0 Å². The molecule has 0 aliphatic rings. The van der Waals surface area contributed by atoms with Crippen molar-refractivity contribution in [1.29, 1.82) is 0 Å². The van der Waals surface area contributed by atoms with Gasteiger partial charge in [-0.15, -0.1) is 0 Å². The smallest absolute Gasteiger partial charge is 0.0886 e. The average molecular weight is 448 g/mol. The van der Waals surface area contributed by atoms with Gasteiger partial charge in [0.25, 0.3) is 0 Å². The van der Waals surface area contributed by atoms with Gasteiger partial charge in [-0.3, -0.25) is 0 Å². The first-order chi connectivity index (χ1) is 13.2. The minimum atomic E-state index is 0. The number of hydrogen-bond donors (Lipinski definition) is 0. The molecule has 0 bridgehead atoms. The molecule has 178 valence electrons. The Labute approximate surface area is 195 Å². The first-order valence-corrected chi connectivity index (χ1v) is 14.0. The Morgan fingerprint density at radius 2 is 0.931 bits per heavy atom. The molecule has 1 nitrogen and oxygen atoms in total. The van der Waals surface area contributed by atoms with Gasteiger partial charge in [0.1, 0.15) is 0 Å². The average Bonchev–Trinajstić information content (AvgIpc) is 2.58. The topological polar surface area (TPSA) is 0 Å². The Bertz CT molecular complexity index is 333. The zero-order valence-electron chi connectivity index (χ0n) is 21.6. The molecule has 0 aromatic rings. The maximum absolute atomic E-state index is 2.45. The van der Waals surface area contributed by atoms with E-state index in [-0.39, 0.29) is 12.4 Å². The molecular weight excluding hydrogens is 390 g/mol. The third kappa shape index (κ3) is 23.0. The van der Waals surface area contributed by atoms with Crippen LogP contribution in [0.1, 0.15) is 136 Å². The fourth-order valence-electron chi connectivity index (χ4n) is 4.40. The van der Waals surface area contributed by atoms with Gasteiger partial charge in [0.2, 0.25) is 0 Å². The van der Waals surface area contributed by atoms with Crippen LogP contribution >= 0.6 is 0 Å². The molecule has 0 rings (SSSR count). The molecule has 0 heterocycles. The number of rotatable bonds is 20. The number of quaternary nitrogens is 1. The van der Waals surface area contributed by atoms with Gasteiger partial charge in [-0.25, -0.2) is 0 Å². The van der Waals surface area contributed by atoms with E-state index in [2.05, 4.69) is 41.9 Å². The van der Waals surface area contributed by atoms with Crippen LogP contribution in [0.5, 0.6) is 0 Å². The van der Waals surface area contributed by atoms with Crippen LogP contribution in [0.15, 0.2) is 0 Å². The molecule has 0 aliphatic heterocycles. The lowest BCUT2D eigenvalue weighted by Crippen LogP contribution is -3.00. The summed E-state index contributed by atoms with van der Waals surface area (Å²) < 4.78 is 1.14.